The summed E-state index contributed by atoms with van der Waals surface area (Å²) < 4.78 is 51.3. The number of hydrogen-bond donors (Lipinski definition) is 4. The lowest BCUT2D eigenvalue weighted by molar-refractivity contribution is -0.145. The number of nitrogens with zero attached hydrogens (tertiary/aromatic N) is 8. The Morgan fingerprint density at radius 1 is 0.718 bits per heavy atom. The Hall–Kier alpha value is -6.44. The number of carboxylic acids is 4. The number of carbonyl (C=O) groups excluding carboxylic acids is 1. The Balaban J connectivity index is 1.18. The first-order valence-electron chi connectivity index (χ1n) is 23.8. The lowest BCUT2D eigenvalue weighted by Crippen LogP contribution is -2.50. The van der Waals surface area contributed by atoms with Crippen LogP contribution in [0.5, 0.6) is 5.75 Å². The monoisotopic (exact) mass is 990 g/mol. The van der Waals surface area contributed by atoms with Crippen molar-refractivity contribution < 1.29 is 62.3 Å². The van der Waals surface area contributed by atoms with E-state index >= 15 is 0 Å². The molecule has 0 unspecified atom stereocenters. The van der Waals surface area contributed by atoms with E-state index in [-0.39, 0.29) is 132 Å². The number of carboxylic acid groups (broad SMARTS) is 4. The molecule has 1 atom stereocenters. The van der Waals surface area contributed by atoms with Crippen molar-refractivity contribution in [3.8, 4) is 22.9 Å². The number of carbonyl (C=O) groups is 5. The molecule has 18 nitrogen and oxygen atoms in total. The van der Waals surface area contributed by atoms with Crippen molar-refractivity contribution in [2.45, 2.75) is 50.9 Å². The van der Waals surface area contributed by atoms with E-state index in [9.17, 15) is 62.8 Å². The van der Waals surface area contributed by atoms with Crippen LogP contribution in [0.25, 0.3) is 23.3 Å². The molecule has 3 aliphatic rings. The first kappa shape index (κ1) is 53.9. The third-order valence-corrected chi connectivity index (χ3v) is 13.2. The molecule has 6 rings (SSSR count). The van der Waals surface area contributed by atoms with Crippen molar-refractivity contribution in [2.24, 2.45) is 5.92 Å². The van der Waals surface area contributed by atoms with E-state index < -0.39 is 41.7 Å². The Morgan fingerprint density at radius 2 is 1.28 bits per heavy atom. The Morgan fingerprint density at radius 3 is 1.80 bits per heavy atom. The van der Waals surface area contributed by atoms with E-state index in [0.717, 1.165) is 11.6 Å². The molecule has 4 heterocycles. The largest absolute Gasteiger partial charge is 0.493 e. The van der Waals surface area contributed by atoms with Crippen molar-refractivity contribution in [3.05, 3.63) is 82.7 Å². The van der Waals surface area contributed by atoms with Gasteiger partial charge in [-0.25, -0.2) is 0 Å². The second-order valence-electron chi connectivity index (χ2n) is 18.2. The van der Waals surface area contributed by atoms with Gasteiger partial charge in [0.1, 0.15) is 17.9 Å². The number of piperidine rings is 2. The van der Waals surface area contributed by atoms with Crippen LogP contribution in [0.3, 0.4) is 0 Å². The Kier molecular flexibility index (Phi) is 19.4. The van der Waals surface area contributed by atoms with Gasteiger partial charge in [-0.1, -0.05) is 42.8 Å². The van der Waals surface area contributed by atoms with E-state index in [0.29, 0.717) is 57.3 Å². The minimum absolute atomic E-state index is 0.0187. The van der Waals surface area contributed by atoms with Gasteiger partial charge in [0, 0.05) is 89.3 Å². The van der Waals surface area contributed by atoms with E-state index in [1.54, 1.807) is 30.6 Å². The second-order valence-corrected chi connectivity index (χ2v) is 18.2. The molecular formula is C50H61F3N8O10. The van der Waals surface area contributed by atoms with Crippen molar-refractivity contribution in [1.82, 2.24) is 34.4 Å². The van der Waals surface area contributed by atoms with Gasteiger partial charge in [-0.05, 0) is 73.5 Å². The van der Waals surface area contributed by atoms with Crippen LogP contribution in [0.15, 0.2) is 54.7 Å². The molecule has 71 heavy (non-hydrogen) atoms. The summed E-state index contributed by atoms with van der Waals surface area (Å²) >= 11 is 0. The quantitative estimate of drug-likeness (QED) is 0.147. The normalized spacial score (nSPS) is 19.1. The molecule has 2 aromatic carbocycles. The number of likely N-dealkylation sites (tertiary alicyclic amines) is 2. The predicted octanol–water partition coefficient (Wildman–Crippen LogP) is 4.34. The number of rotatable bonds is 17. The molecule has 0 spiro atoms. The molecule has 0 bridgehead atoms. The highest BCUT2D eigenvalue weighted by molar-refractivity contribution is 5.80. The maximum absolute atomic E-state index is 15.0. The van der Waals surface area contributed by atoms with Gasteiger partial charge in [0.25, 0.3) is 0 Å². The van der Waals surface area contributed by atoms with Gasteiger partial charge in [0.2, 0.25) is 5.91 Å². The number of halogens is 3. The first-order chi connectivity index (χ1) is 34.0. The Bertz CT molecular complexity index is 2380. The smallest absolute Gasteiger partial charge is 0.417 e. The molecule has 3 aromatic rings. The van der Waals surface area contributed by atoms with E-state index in [1.807, 2.05) is 35.2 Å². The zero-order valence-electron chi connectivity index (χ0n) is 39.5. The fourth-order valence-corrected chi connectivity index (χ4v) is 9.34. The van der Waals surface area contributed by atoms with Crippen LogP contribution in [0.2, 0.25) is 0 Å². The minimum atomic E-state index is -4.82. The Labute approximate surface area is 410 Å². The summed E-state index contributed by atoms with van der Waals surface area (Å²) in [5.74, 6) is -4.37. The van der Waals surface area contributed by atoms with E-state index in [1.165, 1.54) is 24.4 Å². The highest BCUT2D eigenvalue weighted by atomic mass is 19.4. The van der Waals surface area contributed by atoms with Gasteiger partial charge >= 0.3 is 30.1 Å². The van der Waals surface area contributed by atoms with Gasteiger partial charge in [-0.3, -0.25) is 53.5 Å². The number of amides is 1. The molecular weight excluding hydrogens is 930 g/mol. The third-order valence-electron chi connectivity index (χ3n) is 13.2. The number of hydrogen-bond acceptors (Lipinski definition) is 13. The second kappa shape index (κ2) is 25.6. The first-order valence-corrected chi connectivity index (χ1v) is 23.8. The molecule has 21 heteroatoms. The maximum Gasteiger partial charge on any atom is 0.417 e. The van der Waals surface area contributed by atoms with Gasteiger partial charge in [-0.2, -0.15) is 18.4 Å². The van der Waals surface area contributed by atoms with Gasteiger partial charge in [0.05, 0.1) is 49.6 Å². The lowest BCUT2D eigenvalue weighted by atomic mass is 9.96. The number of pyridine rings is 1. The summed E-state index contributed by atoms with van der Waals surface area (Å²) in [6, 6.07) is 14.3. The number of nitriles is 1. The van der Waals surface area contributed by atoms with Crippen LogP contribution in [0.1, 0.15) is 60.1 Å². The zero-order chi connectivity index (χ0) is 51.1. The van der Waals surface area contributed by atoms with Crippen molar-refractivity contribution in [1.29, 1.82) is 5.26 Å². The van der Waals surface area contributed by atoms with Crippen LogP contribution in [0.4, 0.5) is 13.2 Å². The molecule has 0 aliphatic carbocycles. The number of benzene rings is 2. The fourth-order valence-electron chi connectivity index (χ4n) is 9.34. The summed E-state index contributed by atoms with van der Waals surface area (Å²) in [6.45, 7) is 2.26. The minimum Gasteiger partial charge on any atom is -0.493 e. The lowest BCUT2D eigenvalue weighted by Gasteiger charge is -2.35. The van der Waals surface area contributed by atoms with Crippen LogP contribution < -0.4 is 4.74 Å². The zero-order valence-corrected chi connectivity index (χ0v) is 39.5. The van der Waals surface area contributed by atoms with Crippen LogP contribution in [0, 0.1) is 17.2 Å². The summed E-state index contributed by atoms with van der Waals surface area (Å²) in [5, 5.41) is 48.8. The molecule has 1 amide bonds. The standard InChI is InChI=1S/C50H61F3N8O10/c51-50(52,53)41-26-38(29-61-15-5-4-8-43(61)49(69)70)44(27-37(41)9-10-42-40(28-54)39(11-14-55-42)36-6-2-1-3-7-36)71-34-35-12-16-60(17-13-35)45(62)30-56-18-20-57(31-46(63)64)22-24-59(33-48(67)68)25-23-58(21-19-56)32-47(65)66/h1-3,6-7,9-11,14,26-27,35,43H,4-5,8,12-13,15-25,29-34H2,(H,63,64)(H,65,66)(H,67,68)(H,69,70)/b10-9+/t43-/m0/s1. The molecule has 3 aliphatic heterocycles. The maximum atomic E-state index is 15.0. The molecule has 0 saturated carbocycles. The van der Waals surface area contributed by atoms with Crippen molar-refractivity contribution in [2.75, 3.05) is 105 Å². The average Bonchev–Trinajstić information content (AvgIpc) is 3.33. The molecule has 0 radical (unpaired) electrons. The predicted molar refractivity (Wildman–Crippen MR) is 254 cm³/mol. The van der Waals surface area contributed by atoms with Gasteiger partial charge in [0.15, 0.2) is 0 Å². The van der Waals surface area contributed by atoms with Crippen LogP contribution in [-0.2, 0) is 36.7 Å². The fraction of sp³-hybridized carbons (Fsp3) is 0.500. The summed E-state index contributed by atoms with van der Waals surface area (Å²) in [6.07, 6.45) is 2.01. The van der Waals surface area contributed by atoms with E-state index in [2.05, 4.69) is 11.1 Å². The number of aliphatic carboxylic acids is 4. The molecule has 4 N–H and O–H groups in total. The van der Waals surface area contributed by atoms with Crippen molar-refractivity contribution >= 4 is 41.9 Å². The highest BCUT2D eigenvalue weighted by Gasteiger charge is 2.36. The highest BCUT2D eigenvalue weighted by Crippen LogP contribution is 2.39. The van der Waals surface area contributed by atoms with E-state index in [4.69, 9.17) is 4.74 Å². The van der Waals surface area contributed by atoms with Gasteiger partial charge in [-0.15, -0.1) is 0 Å². The third kappa shape index (κ3) is 16.0. The summed E-state index contributed by atoms with van der Waals surface area (Å²) in [4.78, 5) is 75.7. The SMILES string of the molecule is N#Cc1c(-c2ccccc2)ccnc1/C=C/c1cc(OCC2CCN(C(=O)CN3CCN(CC(=O)O)CCN(CC(=O)O)CCN(CC(=O)O)CC3)CC2)c(CN2CCCC[C@H]2C(=O)O)cc1C(F)(F)F. The van der Waals surface area contributed by atoms with Gasteiger partial charge < -0.3 is 30.1 Å². The molecule has 1 aromatic heterocycles. The molecule has 382 valence electrons. The number of ether oxygens (including phenoxy) is 1. The summed E-state index contributed by atoms with van der Waals surface area (Å²) in [7, 11) is 0. The number of alkyl halides is 3. The topological polar surface area (TPSA) is 232 Å². The van der Waals surface area contributed by atoms with Crippen LogP contribution >= 0.6 is 0 Å². The molecule has 3 fully saturated rings. The van der Waals surface area contributed by atoms with Crippen molar-refractivity contribution in [3.63, 3.8) is 0 Å². The van der Waals surface area contributed by atoms with Crippen LogP contribution in [-0.4, -0.2) is 195 Å². The molecule has 3 saturated heterocycles. The number of aromatic nitrogens is 1. The average molecular weight is 991 g/mol. The summed E-state index contributed by atoms with van der Waals surface area (Å²) in [5.41, 5.74) is 0.625.